The molecule has 12 aromatic rings. The standard InChI is InChI=1S/C30H24Br2F4O4P2.C30H20Cl2F4O5P2.C30H20F6O5P2.7H2O/c31-25-15-19(11-13-23(25)29(33,34)41)17-28(22-9-5-2-6-10-22,27(37)21-7-3-1-4-8-21)18-20-12-14-24(26(32)16-20)30(35,36)42(38,39)40;2*31-25-15-19(11-13-23(25)29(33,34)42(38)39)17-28(22-9-5-2-6-10-22,27(37)21-7-3-1-4-8-21)18-20-12-14-24(26(32)16-20)30(35,36)43(40)41;;;;;;;/h1-16H,17-18,41H2,(H2,38,39,40);2*1-16H,17-18H2;7*1H2/p+4. The van der Waals surface area contributed by atoms with Crippen LogP contribution in [0.1, 0.15) is 115 Å². The van der Waals surface area contributed by atoms with Crippen LogP contribution in [0.3, 0.4) is 0 Å². The second-order valence-corrected chi connectivity index (χ2v) is 38.7. The van der Waals surface area contributed by atoms with Gasteiger partial charge in [0.2, 0.25) is 0 Å². The van der Waals surface area contributed by atoms with E-state index in [1.807, 2.05) is 0 Å². The predicted molar refractivity (Wildman–Crippen MR) is 493 cm³/mol. The maximum absolute atomic E-state index is 14.9. The Morgan fingerprint density at radius 1 is 0.311 bits per heavy atom. The minimum atomic E-state index is -5.82. The van der Waals surface area contributed by atoms with Crippen molar-refractivity contribution in [1.29, 1.82) is 0 Å². The lowest BCUT2D eigenvalue weighted by Gasteiger charge is -2.34. The lowest BCUT2D eigenvalue weighted by molar-refractivity contribution is 0.0557. The van der Waals surface area contributed by atoms with Gasteiger partial charge in [-0.05, 0) is 168 Å². The number of benzene rings is 12. The van der Waals surface area contributed by atoms with E-state index >= 15 is 0 Å². The van der Waals surface area contributed by atoms with Gasteiger partial charge in [-0.3, -0.25) is 18.9 Å². The monoisotopic (exact) mass is 2180 g/mol. The molecule has 21 nitrogen and oxygen atoms in total. The molecule has 12 rings (SSSR count). The van der Waals surface area contributed by atoms with E-state index in [0.29, 0.717) is 74.3 Å². The highest BCUT2D eigenvalue weighted by Gasteiger charge is 2.59. The lowest BCUT2D eigenvalue weighted by Crippen LogP contribution is -2.41. The summed E-state index contributed by atoms with van der Waals surface area (Å²) in [6, 6.07) is 69.5. The number of ketones is 3. The molecule has 0 fully saturated rings. The van der Waals surface area contributed by atoms with E-state index in [4.69, 9.17) is 42.8 Å². The molecule has 6 atom stereocenters. The molecule has 0 saturated carbocycles. The summed E-state index contributed by atoms with van der Waals surface area (Å²) < 4.78 is 257. The van der Waals surface area contributed by atoms with Crippen LogP contribution in [-0.2, 0) is 112 Å². The van der Waals surface area contributed by atoms with Crippen LogP contribution in [0.25, 0.3) is 0 Å². The van der Waals surface area contributed by atoms with Gasteiger partial charge in [0.1, 0.15) is 22.8 Å². The minimum absolute atomic E-state index is 0. The van der Waals surface area contributed by atoms with Crippen LogP contribution < -0.4 is 0 Å². The molecule has 720 valence electrons. The summed E-state index contributed by atoms with van der Waals surface area (Å²) in [6.07, 6.45) is -0.866. The van der Waals surface area contributed by atoms with E-state index < -0.39 is 145 Å². The van der Waals surface area contributed by atoms with Crippen molar-refractivity contribution in [3.05, 3.63) is 422 Å². The van der Waals surface area contributed by atoms with Crippen molar-refractivity contribution in [2.45, 2.75) is 88.8 Å². The maximum Gasteiger partial charge on any atom is 0.589 e. The van der Waals surface area contributed by atoms with E-state index in [1.165, 1.54) is 76.0 Å². The molecule has 0 spiro atoms. The quantitative estimate of drug-likeness (QED) is 0.0130. The molecule has 20 N–H and O–H groups in total. The molecule has 12 aromatic carbocycles. The first kappa shape index (κ1) is 120. The van der Waals surface area contributed by atoms with E-state index in [2.05, 4.69) is 31.9 Å². The van der Waals surface area contributed by atoms with Crippen molar-refractivity contribution < 1.29 is 166 Å². The highest BCUT2D eigenvalue weighted by molar-refractivity contribution is 9.10. The third kappa shape index (κ3) is 27.0. The molecule has 0 heterocycles. The molecular weight excluding hydrogens is 2100 g/mol. The van der Waals surface area contributed by atoms with Gasteiger partial charge in [0.15, 0.2) is 17.3 Å². The zero-order valence-electron chi connectivity index (χ0n) is 69.0. The summed E-state index contributed by atoms with van der Waals surface area (Å²) in [7, 11) is -20.4. The van der Waals surface area contributed by atoms with E-state index in [1.54, 1.807) is 170 Å². The highest BCUT2D eigenvalue weighted by Crippen LogP contribution is 2.61. The normalized spacial score (nSPS) is 13.3. The summed E-state index contributed by atoms with van der Waals surface area (Å²) >= 11 is 18.6. The summed E-state index contributed by atoms with van der Waals surface area (Å²) in [5.74, 6) is -4.20. The van der Waals surface area contributed by atoms with Gasteiger partial charge < -0.3 is 48.1 Å². The second kappa shape index (κ2) is 48.9. The van der Waals surface area contributed by atoms with Gasteiger partial charge >= 0.3 is 68.0 Å². The van der Waals surface area contributed by atoms with Crippen LogP contribution in [0.4, 0.5) is 61.5 Å². The Balaban J connectivity index is 0.000000508. The van der Waals surface area contributed by atoms with Gasteiger partial charge in [0.25, 0.3) is 5.66 Å². The molecule has 0 radical (unpaired) electrons. The highest BCUT2D eigenvalue weighted by atomic mass is 79.9. The van der Waals surface area contributed by atoms with Crippen molar-refractivity contribution in [2.24, 2.45) is 0 Å². The third-order valence-electron chi connectivity index (χ3n) is 20.9. The molecule has 0 aliphatic rings. The molecule has 0 bridgehead atoms. The zero-order valence-corrected chi connectivity index (χ0v) is 79.3. The van der Waals surface area contributed by atoms with Crippen molar-refractivity contribution in [1.82, 2.24) is 0 Å². The predicted octanol–water partition coefficient (Wildman–Crippen LogP) is 20.5. The van der Waals surface area contributed by atoms with Crippen molar-refractivity contribution in [3.63, 3.8) is 0 Å². The summed E-state index contributed by atoms with van der Waals surface area (Å²) in [4.78, 5) is 97.9. The van der Waals surface area contributed by atoms with Gasteiger partial charge in [0, 0.05) is 36.8 Å². The first-order valence-electron chi connectivity index (χ1n) is 37.4. The number of rotatable bonds is 32. The molecule has 0 aliphatic carbocycles. The summed E-state index contributed by atoms with van der Waals surface area (Å²) in [6.45, 7) is 0. The number of carbonyl (C=O) groups is 3. The Morgan fingerprint density at radius 3 is 0.719 bits per heavy atom. The maximum atomic E-state index is 14.9. The van der Waals surface area contributed by atoms with Crippen LogP contribution in [0, 0.1) is 11.6 Å². The number of Topliss-reactive ketones (excluding diaryl/α,β-unsaturated/α-hetero) is 3. The number of hydrogen-bond donors (Lipinski definition) is 6. The Kier molecular flexibility index (Phi) is 43.4. The van der Waals surface area contributed by atoms with Crippen LogP contribution >= 0.6 is 104 Å². The van der Waals surface area contributed by atoms with Crippen LogP contribution in [0.15, 0.2) is 300 Å². The molecule has 0 saturated heterocycles. The SMILES string of the molecule is O.O.O.O.O.O.O.O=C(c1ccccc1)C(Cc1ccc(C(F)(F)P)c(Br)c1)(Cc1ccc(C(F)(F)P(=O)(O)O)c(Br)c1)c1ccccc1.O=C(c1ccccc1)C(Cc1ccc(C(F)(F)[P+](=O)O)c(Cl)c1)(Cc1ccc(C(F)(F)[P+](=O)O)c(Cl)c1)c1ccccc1.O=C(c1ccccc1)C(Cc1ccc(C(F)(F)[P+](=O)O)c(F)c1)(Cc1ccc(C(F)(F)[P+](=O)O)c(F)c1)c1ccccc1. The van der Waals surface area contributed by atoms with Crippen molar-refractivity contribution >= 4 is 121 Å². The average Bonchev–Trinajstić information content (AvgIpc) is 0.758. The third-order valence-corrected chi connectivity index (χ3v) is 27.0. The van der Waals surface area contributed by atoms with Gasteiger partial charge in [-0.15, -0.1) is 35.1 Å². The van der Waals surface area contributed by atoms with Crippen molar-refractivity contribution in [3.8, 4) is 0 Å². The van der Waals surface area contributed by atoms with Gasteiger partial charge in [-0.1, -0.05) is 295 Å². The summed E-state index contributed by atoms with van der Waals surface area (Å²) in [5, 5.41) is -0.969. The molecule has 0 aromatic heterocycles. The lowest BCUT2D eigenvalue weighted by atomic mass is 9.67. The Labute approximate surface area is 793 Å². The number of hydrogen-bond acceptors (Lipinski definition) is 8. The first-order valence-corrected chi connectivity index (χ1v) is 46.8. The van der Waals surface area contributed by atoms with Gasteiger partial charge in [-0.2, -0.15) is 37.1 Å². The van der Waals surface area contributed by atoms with Gasteiger partial charge in [0.05, 0.1) is 37.4 Å². The molecule has 6 unspecified atom stereocenters. The average molecular weight is 2180 g/mol. The van der Waals surface area contributed by atoms with Crippen molar-refractivity contribution in [2.75, 3.05) is 0 Å². The van der Waals surface area contributed by atoms with E-state index in [-0.39, 0.29) is 120 Å². The summed E-state index contributed by atoms with van der Waals surface area (Å²) in [5.41, 5.74) is -30.5. The molecule has 0 aliphatic heterocycles. The smallest absolute Gasteiger partial charge is 0.412 e. The fourth-order valence-electron chi connectivity index (χ4n) is 14.7. The molecule has 0 amide bonds. The first-order chi connectivity index (χ1) is 60.0. The van der Waals surface area contributed by atoms with E-state index in [0.717, 1.165) is 30.3 Å². The molecular formula is C90H82Br2Cl2F14O21P6+4. The number of alkyl halides is 12. The zero-order chi connectivity index (χ0) is 94.1. The van der Waals surface area contributed by atoms with E-state index in [9.17, 15) is 108 Å². The Hall–Kier alpha value is -9.25. The number of carbonyl (C=O) groups excluding carboxylic acids is 3. The van der Waals surface area contributed by atoms with Crippen LogP contribution in [0.2, 0.25) is 10.0 Å². The van der Waals surface area contributed by atoms with Crippen LogP contribution in [-0.4, -0.2) is 85.0 Å². The molecule has 135 heavy (non-hydrogen) atoms. The fraction of sp³-hybridized carbons (Fsp3) is 0.167. The second-order valence-electron chi connectivity index (χ2n) is 29.3. The Bertz CT molecular complexity index is 5820. The van der Waals surface area contributed by atoms with Crippen LogP contribution in [0.5, 0.6) is 0 Å². The molecule has 45 heteroatoms. The van der Waals surface area contributed by atoms with Gasteiger partial charge in [-0.25, -0.2) is 8.78 Å². The fourth-order valence-corrected chi connectivity index (χ4v) is 19.5. The largest absolute Gasteiger partial charge is 0.589 e. The number of halogens is 18. The Morgan fingerprint density at radius 2 is 0.511 bits per heavy atom. The topological polar surface area (TPSA) is 478 Å². The minimum Gasteiger partial charge on any atom is -0.412 e.